The van der Waals surface area contributed by atoms with E-state index in [9.17, 15) is 49.2 Å². The van der Waals surface area contributed by atoms with Crippen LogP contribution in [0, 0.1) is 35.5 Å². The summed E-state index contributed by atoms with van der Waals surface area (Å²) >= 11 is 0. The molecule has 3 saturated heterocycles. The van der Waals surface area contributed by atoms with E-state index in [1.165, 1.54) is 17.3 Å². The largest absolute Gasteiger partial charge is 0.460 e. The molecule has 1 saturated carbocycles. The summed E-state index contributed by atoms with van der Waals surface area (Å²) in [4.78, 5) is 113. The molecule has 700 valence electrons. The number of ether oxygens (including phenoxy) is 8. The number of hydrogen-bond donors (Lipinski definition) is 7. The van der Waals surface area contributed by atoms with Crippen molar-refractivity contribution in [2.45, 2.75) is 232 Å². The van der Waals surface area contributed by atoms with Crippen molar-refractivity contribution in [2.75, 3.05) is 110 Å². The second-order valence-corrected chi connectivity index (χ2v) is 35.3. The number of benzene rings is 2. The Morgan fingerprint density at radius 3 is 2.34 bits per heavy atom. The van der Waals surface area contributed by atoms with E-state index in [0.29, 0.717) is 176 Å². The second kappa shape index (κ2) is 47.2. The fraction of sp³-hybridized carbons (Fsp3) is 0.596. The van der Waals surface area contributed by atoms with Crippen LogP contribution in [0.25, 0.3) is 44.5 Å². The molecule has 35 nitrogen and oxygen atoms in total. The lowest BCUT2D eigenvalue weighted by Gasteiger charge is -2.42. The number of anilines is 3. The van der Waals surface area contributed by atoms with Crippen molar-refractivity contribution in [3.8, 4) is 22.4 Å². The lowest BCUT2D eigenvalue weighted by Crippen LogP contribution is -2.61. The van der Waals surface area contributed by atoms with Crippen LogP contribution in [0.15, 0.2) is 119 Å². The number of ketones is 3. The third-order valence-electron chi connectivity index (χ3n) is 25.7. The number of methoxy groups -OCH3 is 2. The fourth-order valence-corrected chi connectivity index (χ4v) is 18.0. The van der Waals surface area contributed by atoms with Gasteiger partial charge in [0.15, 0.2) is 17.0 Å². The number of oxazole rings is 1. The number of nitrogen functional groups attached to an aromatic ring is 2. The van der Waals surface area contributed by atoms with Gasteiger partial charge in [-0.15, -0.1) is 5.10 Å². The molecule has 129 heavy (non-hydrogen) atoms. The van der Waals surface area contributed by atoms with Gasteiger partial charge in [0.25, 0.3) is 17.7 Å². The van der Waals surface area contributed by atoms with Gasteiger partial charge in [-0.05, 0) is 155 Å². The number of aryl methyl sites for hydroxylation is 1. The van der Waals surface area contributed by atoms with Crippen LogP contribution < -0.4 is 21.7 Å². The quantitative estimate of drug-likeness (QED) is 0.00924. The number of nitrogens with two attached hydrogens (primary N) is 2. The number of Topliss-reactive ketones (excluding diaryl/α,β-unsaturated/α-hetero) is 3. The molecule has 2 amide bonds. The number of aromatic nitrogens is 10. The Hall–Kier alpha value is -10.0. The molecule has 9 N–H and O–H groups in total. The first-order valence-corrected chi connectivity index (χ1v) is 45.5. The van der Waals surface area contributed by atoms with Crippen molar-refractivity contribution in [3.05, 3.63) is 126 Å². The number of rotatable bonds is 31. The molecular weight excluding hydrogens is 1660 g/mol. The smallest absolute Gasteiger partial charge is 0.329 e. The van der Waals surface area contributed by atoms with Gasteiger partial charge in [0, 0.05) is 127 Å². The molecule has 4 aliphatic heterocycles. The Morgan fingerprint density at radius 2 is 1.57 bits per heavy atom. The third-order valence-corrected chi connectivity index (χ3v) is 25.7. The number of esters is 1. The summed E-state index contributed by atoms with van der Waals surface area (Å²) in [6.45, 7) is 18.5. The first-order chi connectivity index (χ1) is 62.2. The number of amides is 2. The van der Waals surface area contributed by atoms with Crippen LogP contribution in [-0.2, 0) is 92.9 Å². The lowest BCUT2D eigenvalue weighted by atomic mass is 9.78. The van der Waals surface area contributed by atoms with Gasteiger partial charge in [-0.2, -0.15) is 10.1 Å². The van der Waals surface area contributed by atoms with E-state index in [1.54, 1.807) is 69.7 Å². The molecule has 35 heteroatoms. The van der Waals surface area contributed by atoms with E-state index in [4.69, 9.17) is 68.8 Å². The topological polar surface area (TPSA) is 457 Å². The van der Waals surface area contributed by atoms with Crippen LogP contribution in [0.1, 0.15) is 156 Å². The Bertz CT molecular complexity index is 5020. The van der Waals surface area contributed by atoms with Crippen molar-refractivity contribution >= 4 is 75.0 Å². The summed E-state index contributed by atoms with van der Waals surface area (Å²) in [6.07, 6.45) is 18.5. The van der Waals surface area contributed by atoms with Crippen LogP contribution in [0.3, 0.4) is 0 Å². The number of allylic oxidation sites excluding steroid dienone is 6. The lowest BCUT2D eigenvalue weighted by molar-refractivity contribution is -0.265. The summed E-state index contributed by atoms with van der Waals surface area (Å²) in [5.41, 5.74) is 19.7. The number of piperazine rings is 1. The number of carbonyl (C=O) groups is 6. The molecule has 2 bridgehead atoms. The summed E-state index contributed by atoms with van der Waals surface area (Å²) in [6, 6.07) is 12.2. The van der Waals surface area contributed by atoms with Crippen molar-refractivity contribution in [3.63, 3.8) is 0 Å². The van der Waals surface area contributed by atoms with Gasteiger partial charge in [-0.1, -0.05) is 94.5 Å². The van der Waals surface area contributed by atoms with Gasteiger partial charge in [0.1, 0.15) is 53.5 Å². The highest BCUT2D eigenvalue weighted by Crippen LogP contribution is 2.40. The first kappa shape index (κ1) is 98.0. The molecular formula is C94H130N16O19. The minimum Gasteiger partial charge on any atom is -0.460 e. The number of aliphatic hydroxyl groups is 4. The van der Waals surface area contributed by atoms with E-state index in [-0.39, 0.29) is 98.8 Å². The monoisotopic (exact) mass is 1790 g/mol. The number of fused-ring (bicyclic) bond motifs is 5. The first-order valence-electron chi connectivity index (χ1n) is 45.5. The van der Waals surface area contributed by atoms with Crippen LogP contribution in [0.2, 0.25) is 0 Å². The number of nitrogens with one attached hydrogen (secondary N) is 1. The summed E-state index contributed by atoms with van der Waals surface area (Å²) in [5.74, 6) is -8.24. The summed E-state index contributed by atoms with van der Waals surface area (Å²) in [7, 11) is 3.23. The fourth-order valence-electron chi connectivity index (χ4n) is 18.0. The average Bonchev–Trinajstić information content (AvgIpc) is 0.931. The molecule has 7 aromatic rings. The highest BCUT2D eigenvalue weighted by Gasteiger charge is 2.53. The molecule has 2 aromatic carbocycles. The van der Waals surface area contributed by atoms with Crippen molar-refractivity contribution in [1.82, 2.24) is 64.8 Å². The van der Waals surface area contributed by atoms with Gasteiger partial charge in [0.2, 0.25) is 17.6 Å². The predicted octanol–water partition coefficient (Wildman–Crippen LogP) is 8.63. The van der Waals surface area contributed by atoms with Crippen molar-refractivity contribution in [2.24, 2.45) is 35.5 Å². The Kier molecular flexibility index (Phi) is 35.9. The zero-order chi connectivity index (χ0) is 91.8. The molecule has 4 fully saturated rings. The maximum absolute atomic E-state index is 14.9. The number of cyclic esters (lactones) is 1. The zero-order valence-corrected chi connectivity index (χ0v) is 75.8. The van der Waals surface area contributed by atoms with Crippen molar-refractivity contribution < 1.29 is 91.5 Å². The minimum absolute atomic E-state index is 0.0441. The zero-order valence-electron chi connectivity index (χ0n) is 75.8. The molecule has 0 radical (unpaired) electrons. The maximum Gasteiger partial charge on any atom is 0.329 e. The maximum atomic E-state index is 14.9. The highest BCUT2D eigenvalue weighted by molar-refractivity contribution is 6.39. The van der Waals surface area contributed by atoms with Crippen LogP contribution >= 0.6 is 0 Å². The number of carbonyl (C=O) groups excluding carboxylic acids is 6. The molecule has 12 rings (SSSR count). The molecule has 5 aliphatic rings. The van der Waals surface area contributed by atoms with Gasteiger partial charge in [-0.3, -0.25) is 28.9 Å². The standard InChI is InChI=1S/C94H130N16O19/c1-58-18-11-10-12-19-59(2)78(121-8)48-72-26-23-64(7)94(120,129-72)87(117)90(118)109-31-15-13-22-74(109)91(119)127-79(49-75(112)60(3)43-63(6)85(115)86(116)84(114)62(5)42-58)61(4)44-65-24-27-77(80(46-65)122-9)126-56-66-20-17-21-67(45-66)69-50-98-93(99-51-69)107-34-33-106(71(54-107)55-111)52-70-53-108(105-103-70)35-37-124-39-41-125-40-38-123-36-29-81(113)97-30-14-16-32-110-89-82(88(95)100-57-101-89)83(104-110)68-25-28-76-73(47-68)102-92(96)128-76/h10-12,17-21,25,28,43,45,47,50-51,53,57-58,60-62,64-65,71-72,74,77-80,85-86,111,115-116,120H,13-16,22-24,26-27,29-42,44,46,48-49,52,54-56H2,1-9H3,(H2,96,102)(H,97,113)(H2,95,100,101)/b12-10+,18-11+,59-19+,63-43+/t58-,60-,61-,62-,64-,65+,71?,72+,74+,77-,78+,79?,80-,85-,86+,94-/m1/s1. The predicted molar refractivity (Wildman–Crippen MR) is 480 cm³/mol. The second-order valence-electron chi connectivity index (χ2n) is 35.3. The average molecular weight is 1790 g/mol. The Balaban J connectivity index is 0.563. The van der Waals surface area contributed by atoms with E-state index in [1.807, 2.05) is 87.7 Å². The minimum atomic E-state index is -2.48. The number of aliphatic hydroxyl groups excluding tert-OH is 3. The Morgan fingerprint density at radius 1 is 0.783 bits per heavy atom. The SMILES string of the molecule is CO[C@H]1C[C@@H]2CC[C@@H](C)[C@@](O)(O2)C(=O)C(=O)N2CCCC[C@H]2C(=O)OC([C@H](C)C[C@@H]2CC[C@@H](OCc3cccc(-c4cnc(N5CCN(Cc6cn(CCOCCOCCOCCC(=O)NCCCCn7nc(-c8ccc9oc(N)nc9c8)c8c(N)ncnc87)nn6)C(CO)C5)nc4)c3)[C@H](OC)C2)CC(=O)[C@H](C)/C=C(\C)[C@@H](O)[C@@H](O)C(=O)[C@H](C)C[C@H](C)/C=C/C=C/C=C/1C. The Labute approximate surface area is 753 Å². The van der Waals surface area contributed by atoms with Gasteiger partial charge < -0.3 is 89.3 Å². The number of unbranched alkanes of at least 4 members (excludes halogenated alkanes) is 1. The van der Waals surface area contributed by atoms with Crippen LogP contribution in [-0.4, -0.2) is 269 Å². The van der Waals surface area contributed by atoms with E-state index in [0.717, 1.165) is 52.8 Å². The van der Waals surface area contributed by atoms with Crippen LogP contribution in [0.5, 0.6) is 0 Å². The van der Waals surface area contributed by atoms with E-state index < -0.39 is 89.5 Å². The molecule has 1 aliphatic carbocycles. The molecule has 0 spiro atoms. The van der Waals surface area contributed by atoms with Crippen LogP contribution in [0.4, 0.5) is 17.8 Å². The number of nitrogens with zero attached hydrogens (tertiary/aromatic N) is 13. The number of hydrogen-bond acceptors (Lipinski definition) is 31. The molecule has 9 heterocycles. The van der Waals surface area contributed by atoms with E-state index >= 15 is 0 Å². The summed E-state index contributed by atoms with van der Waals surface area (Å²) < 4.78 is 57.5. The third kappa shape index (κ3) is 26.2. The molecule has 16 atom stereocenters. The van der Waals surface area contributed by atoms with E-state index in [2.05, 4.69) is 46.4 Å². The molecule has 5 aromatic heterocycles. The van der Waals surface area contributed by atoms with Gasteiger partial charge in [-0.25, -0.2) is 34.1 Å². The molecule has 2 unspecified atom stereocenters. The van der Waals surface area contributed by atoms with Gasteiger partial charge in [0.05, 0.1) is 101 Å². The van der Waals surface area contributed by atoms with Crippen molar-refractivity contribution in [1.29, 1.82) is 0 Å². The normalized spacial score (nSPS) is 27.7. The summed E-state index contributed by atoms with van der Waals surface area (Å²) in [5, 5.41) is 62.6. The highest BCUT2D eigenvalue weighted by atomic mass is 16.6. The number of piperidine rings is 1. The van der Waals surface area contributed by atoms with Gasteiger partial charge >= 0.3 is 5.97 Å².